The first-order valence-corrected chi connectivity index (χ1v) is 5.39. The third-order valence-electron chi connectivity index (χ3n) is 2.82. The second kappa shape index (κ2) is 4.26. The molecule has 0 aromatic heterocycles. The van der Waals surface area contributed by atoms with Gasteiger partial charge in [0.1, 0.15) is 6.29 Å². The summed E-state index contributed by atoms with van der Waals surface area (Å²) < 4.78 is 5.92. The Balaban J connectivity index is 2.98. The number of hydrogen-bond donors (Lipinski definition) is 0. The van der Waals surface area contributed by atoms with Crippen LogP contribution in [0.1, 0.15) is 40.5 Å². The van der Waals surface area contributed by atoms with E-state index in [1.807, 2.05) is 19.9 Å². The second-order valence-electron chi connectivity index (χ2n) is 4.44. The number of aldehydes is 1. The van der Waals surface area contributed by atoms with Crippen LogP contribution in [0.2, 0.25) is 0 Å². The van der Waals surface area contributed by atoms with Crippen molar-refractivity contribution in [2.24, 2.45) is 5.92 Å². The van der Waals surface area contributed by atoms with Gasteiger partial charge in [0.25, 0.3) is 0 Å². The van der Waals surface area contributed by atoms with Crippen molar-refractivity contribution in [1.82, 2.24) is 0 Å². The Bertz CT molecular complexity index is 241. The zero-order chi connectivity index (χ0) is 10.8. The van der Waals surface area contributed by atoms with E-state index in [0.29, 0.717) is 0 Å². The standard InChI is InChI=1S/C12H20O2/c1-5-10-9(8-13)7-12(3,4)14-11(10)6-2/h7-8,10-11H,5-6H2,1-4H3. The molecular formula is C12H20O2. The molecule has 0 radical (unpaired) electrons. The van der Waals surface area contributed by atoms with Crippen molar-refractivity contribution < 1.29 is 9.53 Å². The van der Waals surface area contributed by atoms with Gasteiger partial charge in [-0.1, -0.05) is 13.8 Å². The minimum absolute atomic E-state index is 0.195. The lowest BCUT2D eigenvalue weighted by atomic mass is 9.84. The van der Waals surface area contributed by atoms with Gasteiger partial charge in [-0.2, -0.15) is 0 Å². The zero-order valence-corrected chi connectivity index (χ0v) is 9.54. The average molecular weight is 196 g/mol. The molecule has 2 unspecified atom stereocenters. The first-order valence-electron chi connectivity index (χ1n) is 5.39. The predicted octanol–water partition coefficient (Wildman–Crippen LogP) is 2.73. The largest absolute Gasteiger partial charge is 0.368 e. The van der Waals surface area contributed by atoms with Gasteiger partial charge in [-0.3, -0.25) is 4.79 Å². The Labute approximate surface area is 86.3 Å². The van der Waals surface area contributed by atoms with Crippen LogP contribution in [0.4, 0.5) is 0 Å². The van der Waals surface area contributed by atoms with Gasteiger partial charge < -0.3 is 4.74 Å². The molecule has 2 atom stereocenters. The van der Waals surface area contributed by atoms with Crippen LogP contribution >= 0.6 is 0 Å². The molecule has 14 heavy (non-hydrogen) atoms. The van der Waals surface area contributed by atoms with Gasteiger partial charge in [-0.05, 0) is 38.3 Å². The molecule has 2 nitrogen and oxygen atoms in total. The summed E-state index contributed by atoms with van der Waals surface area (Å²) in [5.41, 5.74) is 0.623. The summed E-state index contributed by atoms with van der Waals surface area (Å²) in [4.78, 5) is 11.0. The van der Waals surface area contributed by atoms with Gasteiger partial charge in [0.15, 0.2) is 0 Å². The second-order valence-corrected chi connectivity index (χ2v) is 4.44. The van der Waals surface area contributed by atoms with Crippen LogP contribution in [0.3, 0.4) is 0 Å². The highest BCUT2D eigenvalue weighted by molar-refractivity contribution is 5.74. The van der Waals surface area contributed by atoms with E-state index in [2.05, 4.69) is 13.8 Å². The lowest BCUT2D eigenvalue weighted by molar-refractivity contribution is -0.110. The molecule has 0 saturated heterocycles. The molecule has 0 fully saturated rings. The molecule has 0 spiro atoms. The minimum atomic E-state index is -0.289. The quantitative estimate of drug-likeness (QED) is 0.649. The lowest BCUT2D eigenvalue weighted by Gasteiger charge is -2.38. The molecule has 0 amide bonds. The van der Waals surface area contributed by atoms with E-state index in [9.17, 15) is 4.79 Å². The maximum atomic E-state index is 11.0. The Morgan fingerprint density at radius 1 is 1.43 bits per heavy atom. The van der Waals surface area contributed by atoms with Gasteiger partial charge >= 0.3 is 0 Å². The molecule has 1 aliphatic rings. The number of carbonyl (C=O) groups excluding carboxylic acids is 1. The van der Waals surface area contributed by atoms with Crippen molar-refractivity contribution in [2.75, 3.05) is 0 Å². The van der Waals surface area contributed by atoms with E-state index in [0.717, 1.165) is 24.7 Å². The summed E-state index contributed by atoms with van der Waals surface area (Å²) in [6.07, 6.45) is 5.08. The predicted molar refractivity (Wildman–Crippen MR) is 57.2 cm³/mol. The molecule has 0 N–H and O–H groups in total. The molecule has 0 aliphatic carbocycles. The summed E-state index contributed by atoms with van der Waals surface area (Å²) in [5.74, 6) is 0.283. The van der Waals surface area contributed by atoms with Crippen LogP contribution in [0.25, 0.3) is 0 Å². The van der Waals surface area contributed by atoms with E-state index in [1.165, 1.54) is 0 Å². The van der Waals surface area contributed by atoms with E-state index >= 15 is 0 Å². The van der Waals surface area contributed by atoms with Gasteiger partial charge in [0, 0.05) is 5.92 Å². The minimum Gasteiger partial charge on any atom is -0.368 e. The summed E-state index contributed by atoms with van der Waals surface area (Å²) in [5, 5.41) is 0. The lowest BCUT2D eigenvalue weighted by Crippen LogP contribution is -2.39. The van der Waals surface area contributed by atoms with Gasteiger partial charge in [0.05, 0.1) is 11.7 Å². The topological polar surface area (TPSA) is 26.3 Å². The van der Waals surface area contributed by atoms with Crippen molar-refractivity contribution in [3.05, 3.63) is 11.6 Å². The fourth-order valence-electron chi connectivity index (χ4n) is 2.22. The molecule has 1 aliphatic heterocycles. The number of hydrogen-bond acceptors (Lipinski definition) is 2. The van der Waals surface area contributed by atoms with Crippen molar-refractivity contribution in [1.29, 1.82) is 0 Å². The Kier molecular flexibility index (Phi) is 3.48. The summed E-state index contributed by atoms with van der Waals surface area (Å²) in [7, 11) is 0. The summed E-state index contributed by atoms with van der Waals surface area (Å²) in [6.45, 7) is 8.22. The molecule has 0 bridgehead atoms. The van der Waals surface area contributed by atoms with Crippen LogP contribution in [0.15, 0.2) is 11.6 Å². The number of rotatable bonds is 3. The van der Waals surface area contributed by atoms with Crippen LogP contribution in [-0.2, 0) is 9.53 Å². The summed E-state index contributed by atoms with van der Waals surface area (Å²) in [6, 6.07) is 0. The molecule has 2 heteroatoms. The number of carbonyl (C=O) groups is 1. The maximum Gasteiger partial charge on any atom is 0.146 e. The zero-order valence-electron chi connectivity index (χ0n) is 9.54. The summed E-state index contributed by atoms with van der Waals surface area (Å²) >= 11 is 0. The SMILES string of the molecule is CCC1OC(C)(C)C=C(C=O)C1CC. The van der Waals surface area contributed by atoms with Crippen molar-refractivity contribution in [3.63, 3.8) is 0 Å². The van der Waals surface area contributed by atoms with Crippen molar-refractivity contribution in [2.45, 2.75) is 52.2 Å². The molecule has 0 saturated carbocycles. The smallest absolute Gasteiger partial charge is 0.146 e. The first-order chi connectivity index (χ1) is 6.54. The Hall–Kier alpha value is -0.630. The third-order valence-corrected chi connectivity index (χ3v) is 2.82. The monoisotopic (exact) mass is 196 g/mol. The highest BCUT2D eigenvalue weighted by atomic mass is 16.5. The van der Waals surface area contributed by atoms with Crippen molar-refractivity contribution >= 4 is 6.29 Å². The normalized spacial score (nSPS) is 31.0. The Morgan fingerprint density at radius 3 is 2.50 bits per heavy atom. The van der Waals surface area contributed by atoms with Crippen LogP contribution < -0.4 is 0 Å². The van der Waals surface area contributed by atoms with E-state index in [-0.39, 0.29) is 17.6 Å². The maximum absolute atomic E-state index is 11.0. The first kappa shape index (κ1) is 11.4. The molecule has 1 heterocycles. The molecular weight excluding hydrogens is 176 g/mol. The van der Waals surface area contributed by atoms with E-state index < -0.39 is 0 Å². The highest BCUT2D eigenvalue weighted by Gasteiger charge is 2.33. The van der Waals surface area contributed by atoms with E-state index in [1.54, 1.807) is 0 Å². The van der Waals surface area contributed by atoms with Gasteiger partial charge in [0.2, 0.25) is 0 Å². The average Bonchev–Trinajstić information content (AvgIpc) is 2.15. The Morgan fingerprint density at radius 2 is 2.07 bits per heavy atom. The highest BCUT2D eigenvalue weighted by Crippen LogP contribution is 2.33. The fraction of sp³-hybridized carbons (Fsp3) is 0.750. The van der Waals surface area contributed by atoms with Crippen molar-refractivity contribution in [3.8, 4) is 0 Å². The molecule has 0 aromatic carbocycles. The van der Waals surface area contributed by atoms with Crippen LogP contribution in [0.5, 0.6) is 0 Å². The van der Waals surface area contributed by atoms with Crippen LogP contribution in [0, 0.1) is 5.92 Å². The molecule has 1 rings (SSSR count). The third kappa shape index (κ3) is 2.24. The molecule has 0 aromatic rings. The van der Waals surface area contributed by atoms with Gasteiger partial charge in [-0.25, -0.2) is 0 Å². The van der Waals surface area contributed by atoms with Gasteiger partial charge in [-0.15, -0.1) is 0 Å². The van der Waals surface area contributed by atoms with E-state index in [4.69, 9.17) is 4.74 Å². The molecule has 80 valence electrons. The van der Waals surface area contributed by atoms with Crippen LogP contribution in [-0.4, -0.2) is 18.0 Å². The fourth-order valence-corrected chi connectivity index (χ4v) is 2.22. The number of ether oxygens (including phenoxy) is 1.